The molecule has 160 valence electrons. The number of rotatable bonds is 6. The third-order valence-corrected chi connectivity index (χ3v) is 7.95. The van der Waals surface area contributed by atoms with Gasteiger partial charge in [0.1, 0.15) is 6.04 Å². The molecule has 4 rings (SSSR count). The molecule has 2 aliphatic heterocycles. The van der Waals surface area contributed by atoms with Gasteiger partial charge < -0.3 is 10.6 Å². The van der Waals surface area contributed by atoms with E-state index >= 15 is 0 Å². The van der Waals surface area contributed by atoms with Crippen molar-refractivity contribution >= 4 is 23.2 Å². The number of likely N-dealkylation sites (tertiary alicyclic amines) is 1. The molecule has 0 aromatic carbocycles. The van der Waals surface area contributed by atoms with Crippen LogP contribution in [0.4, 0.5) is 0 Å². The van der Waals surface area contributed by atoms with Crippen LogP contribution in [0.3, 0.4) is 0 Å². The fourth-order valence-corrected chi connectivity index (χ4v) is 6.05. The van der Waals surface area contributed by atoms with Gasteiger partial charge in [-0.2, -0.15) is 0 Å². The predicted octanol–water partition coefficient (Wildman–Crippen LogP) is 2.35. The van der Waals surface area contributed by atoms with E-state index in [9.17, 15) is 9.59 Å². The van der Waals surface area contributed by atoms with Gasteiger partial charge in [0.25, 0.3) is 0 Å². The predicted molar refractivity (Wildman–Crippen MR) is 116 cm³/mol. The molecule has 1 aliphatic carbocycles. The number of nitrogens with zero attached hydrogens (tertiary/aromatic N) is 2. The maximum absolute atomic E-state index is 13.0. The van der Waals surface area contributed by atoms with Gasteiger partial charge in [0, 0.05) is 42.5 Å². The molecule has 0 radical (unpaired) electrons. The van der Waals surface area contributed by atoms with E-state index in [-0.39, 0.29) is 29.9 Å². The van der Waals surface area contributed by atoms with E-state index in [1.165, 1.54) is 37.0 Å². The Hall–Kier alpha value is -1.44. The molecule has 6 nitrogen and oxygen atoms in total. The van der Waals surface area contributed by atoms with E-state index in [2.05, 4.69) is 27.5 Å². The van der Waals surface area contributed by atoms with E-state index < -0.39 is 0 Å². The first-order valence-corrected chi connectivity index (χ1v) is 12.1. The van der Waals surface area contributed by atoms with Gasteiger partial charge >= 0.3 is 0 Å². The zero-order chi connectivity index (χ0) is 20.2. The number of hydrogen-bond acceptors (Lipinski definition) is 5. The van der Waals surface area contributed by atoms with Crippen LogP contribution in [0, 0.1) is 0 Å². The first-order valence-electron chi connectivity index (χ1n) is 11.2. The molecule has 7 heteroatoms. The van der Waals surface area contributed by atoms with Crippen LogP contribution in [0.25, 0.3) is 0 Å². The highest BCUT2D eigenvalue weighted by Crippen LogP contribution is 2.33. The number of carbonyl (C=O) groups is 2. The Kier molecular flexibility index (Phi) is 6.88. The van der Waals surface area contributed by atoms with Gasteiger partial charge in [-0.1, -0.05) is 25.3 Å². The number of carbonyl (C=O) groups excluding carboxylic acids is 2. The van der Waals surface area contributed by atoms with E-state index in [1.54, 1.807) is 11.3 Å². The molecule has 29 heavy (non-hydrogen) atoms. The highest BCUT2D eigenvalue weighted by atomic mass is 32.1. The molecular weight excluding hydrogens is 384 g/mol. The topological polar surface area (TPSA) is 64.7 Å². The van der Waals surface area contributed by atoms with Crippen LogP contribution in [0.1, 0.15) is 56.2 Å². The molecule has 2 N–H and O–H groups in total. The fourth-order valence-electron chi connectivity index (χ4n) is 5.40. The summed E-state index contributed by atoms with van der Waals surface area (Å²) in [4.78, 5) is 31.3. The van der Waals surface area contributed by atoms with Crippen LogP contribution in [0.2, 0.25) is 0 Å². The van der Waals surface area contributed by atoms with Crippen molar-refractivity contribution in [2.75, 3.05) is 20.1 Å². The number of nitrogens with one attached hydrogen (secondary N) is 2. The lowest BCUT2D eigenvalue weighted by Gasteiger charge is -2.37. The summed E-state index contributed by atoms with van der Waals surface area (Å²) < 4.78 is 0. The number of hydrogen-bond donors (Lipinski definition) is 2. The van der Waals surface area contributed by atoms with Crippen LogP contribution < -0.4 is 10.6 Å². The number of likely N-dealkylation sites (N-methyl/N-ethyl adjacent to an activating group) is 1. The van der Waals surface area contributed by atoms with Crippen LogP contribution in [0.5, 0.6) is 0 Å². The summed E-state index contributed by atoms with van der Waals surface area (Å²) in [6, 6.07) is 5.06. The summed E-state index contributed by atoms with van der Waals surface area (Å²) >= 11 is 1.66. The Morgan fingerprint density at radius 2 is 2.10 bits per heavy atom. The molecule has 0 bridgehead atoms. The summed E-state index contributed by atoms with van der Waals surface area (Å²) in [5, 5.41) is 8.24. The minimum atomic E-state index is -0.0271. The Bertz CT molecular complexity index is 689. The lowest BCUT2D eigenvalue weighted by atomic mass is 9.93. The lowest BCUT2D eigenvalue weighted by molar-refractivity contribution is -0.127. The van der Waals surface area contributed by atoms with E-state index in [0.717, 1.165) is 19.4 Å². The second-order valence-corrected chi connectivity index (χ2v) is 9.82. The third-order valence-electron chi connectivity index (χ3n) is 7.07. The molecule has 2 amide bonds. The number of fused-ring (bicyclic) bond motifs is 1. The van der Waals surface area contributed by atoms with Crippen molar-refractivity contribution in [3.8, 4) is 0 Å². The quantitative estimate of drug-likeness (QED) is 0.744. The lowest BCUT2D eigenvalue weighted by Crippen LogP contribution is -2.53. The summed E-state index contributed by atoms with van der Waals surface area (Å²) in [7, 11) is 2.15. The number of amides is 2. The molecule has 2 saturated heterocycles. The van der Waals surface area contributed by atoms with Crippen LogP contribution in [-0.2, 0) is 16.1 Å². The van der Waals surface area contributed by atoms with Gasteiger partial charge in [-0.3, -0.25) is 19.4 Å². The molecule has 1 saturated carbocycles. The second kappa shape index (κ2) is 9.58. The maximum Gasteiger partial charge on any atom is 0.239 e. The molecule has 0 spiro atoms. The zero-order valence-corrected chi connectivity index (χ0v) is 18.3. The minimum Gasteiger partial charge on any atom is -0.353 e. The highest BCUT2D eigenvalue weighted by molar-refractivity contribution is 7.09. The van der Waals surface area contributed by atoms with E-state index in [0.29, 0.717) is 25.6 Å². The SMILES string of the molecule is CN1[C@@H](CCC(=O)NCc2cccs2)CNC(=O)[C@@H]2[C@@H]1CCN2C1CCCCC1. The zero-order valence-electron chi connectivity index (χ0n) is 17.4. The second-order valence-electron chi connectivity index (χ2n) is 8.79. The van der Waals surface area contributed by atoms with Gasteiger partial charge in [0.2, 0.25) is 11.8 Å². The smallest absolute Gasteiger partial charge is 0.239 e. The van der Waals surface area contributed by atoms with Crippen molar-refractivity contribution < 1.29 is 9.59 Å². The normalized spacial score (nSPS) is 29.3. The standard InChI is InChI=1S/C22H34N4O2S/c1-25-17(9-10-20(27)23-15-18-8-5-13-29-18)14-24-22(28)21-19(25)11-12-26(21)16-6-3-2-4-7-16/h5,8,13,16-17,19,21H,2-4,6-7,9-12,14-15H2,1H3,(H,23,27)(H,24,28)/t17-,19-,21-/m0/s1. The molecule has 3 fully saturated rings. The Morgan fingerprint density at radius 1 is 1.28 bits per heavy atom. The monoisotopic (exact) mass is 418 g/mol. The van der Waals surface area contributed by atoms with Gasteiger partial charge in [0.15, 0.2) is 0 Å². The van der Waals surface area contributed by atoms with Gasteiger partial charge in [0.05, 0.1) is 6.54 Å². The van der Waals surface area contributed by atoms with Crippen molar-refractivity contribution in [2.45, 2.75) is 82.1 Å². The van der Waals surface area contributed by atoms with Crippen LogP contribution in [-0.4, -0.2) is 65.9 Å². The molecule has 0 unspecified atom stereocenters. The van der Waals surface area contributed by atoms with Gasteiger partial charge in [-0.05, 0) is 44.2 Å². The summed E-state index contributed by atoms with van der Waals surface area (Å²) in [6.07, 6.45) is 8.70. The summed E-state index contributed by atoms with van der Waals surface area (Å²) in [5.74, 6) is 0.281. The fraction of sp³-hybridized carbons (Fsp3) is 0.727. The molecular formula is C22H34N4O2S. The molecule has 3 heterocycles. The Labute approximate surface area is 178 Å². The van der Waals surface area contributed by atoms with Crippen molar-refractivity contribution in [1.82, 2.24) is 20.4 Å². The van der Waals surface area contributed by atoms with Crippen molar-refractivity contribution in [2.24, 2.45) is 0 Å². The van der Waals surface area contributed by atoms with Gasteiger partial charge in [-0.25, -0.2) is 0 Å². The van der Waals surface area contributed by atoms with Crippen LogP contribution >= 0.6 is 11.3 Å². The first kappa shape index (κ1) is 20.8. The first-order chi connectivity index (χ1) is 14.1. The van der Waals surface area contributed by atoms with Crippen molar-refractivity contribution in [3.05, 3.63) is 22.4 Å². The van der Waals surface area contributed by atoms with Crippen LogP contribution in [0.15, 0.2) is 17.5 Å². The van der Waals surface area contributed by atoms with E-state index in [1.807, 2.05) is 17.5 Å². The minimum absolute atomic E-state index is 0.0271. The third kappa shape index (κ3) is 4.84. The molecule has 3 atom stereocenters. The van der Waals surface area contributed by atoms with Gasteiger partial charge in [-0.15, -0.1) is 11.3 Å². The molecule has 1 aromatic heterocycles. The Balaban J connectivity index is 1.32. The molecule has 3 aliphatic rings. The number of thiophene rings is 1. The molecule has 1 aromatic rings. The largest absolute Gasteiger partial charge is 0.353 e. The summed E-state index contributed by atoms with van der Waals surface area (Å²) in [6.45, 7) is 2.26. The highest BCUT2D eigenvalue weighted by Gasteiger charge is 2.47. The summed E-state index contributed by atoms with van der Waals surface area (Å²) in [5.41, 5.74) is 0. The average Bonchev–Trinajstić information content (AvgIpc) is 3.40. The Morgan fingerprint density at radius 3 is 2.86 bits per heavy atom. The maximum atomic E-state index is 13.0. The van der Waals surface area contributed by atoms with Crippen molar-refractivity contribution in [3.63, 3.8) is 0 Å². The van der Waals surface area contributed by atoms with E-state index in [4.69, 9.17) is 0 Å². The average molecular weight is 419 g/mol. The van der Waals surface area contributed by atoms with Crippen molar-refractivity contribution in [1.29, 1.82) is 0 Å².